The molecule has 1 saturated heterocycles. The normalized spacial score (nSPS) is 14.2. The molecule has 0 saturated carbocycles. The fraction of sp³-hybridized carbons (Fsp3) is 0.370. The Kier molecular flexibility index (Phi) is 19.2. The lowest BCUT2D eigenvalue weighted by Gasteiger charge is -2.42. The predicted octanol–water partition coefficient (Wildman–Crippen LogP) is 9.00. The van der Waals surface area contributed by atoms with Crippen LogP contribution in [0.5, 0.6) is 5.75 Å². The van der Waals surface area contributed by atoms with Crippen molar-refractivity contribution in [3.63, 3.8) is 0 Å². The van der Waals surface area contributed by atoms with Crippen molar-refractivity contribution < 1.29 is 38.0 Å². The molecule has 15 nitrogen and oxygen atoms in total. The Bertz CT molecular complexity index is 2610. The van der Waals surface area contributed by atoms with E-state index in [-0.39, 0.29) is 11.7 Å². The zero-order valence-electron chi connectivity index (χ0n) is 40.4. The first-order chi connectivity index (χ1) is 33.9. The maximum absolute atomic E-state index is 13.3. The van der Waals surface area contributed by atoms with Gasteiger partial charge in [-0.05, 0) is 122 Å². The number of carbonyl (C=O) groups is 1. The lowest BCUT2D eigenvalue weighted by atomic mass is 10.0. The highest BCUT2D eigenvalue weighted by Gasteiger charge is 2.31. The first-order valence-corrected chi connectivity index (χ1v) is 25.9. The number of quaternary nitrogens is 1. The Balaban J connectivity index is 0.819. The first kappa shape index (κ1) is 52.0. The van der Waals surface area contributed by atoms with Gasteiger partial charge in [0, 0.05) is 86.0 Å². The smallest absolute Gasteiger partial charge is 0.404 e. The van der Waals surface area contributed by atoms with Gasteiger partial charge in [0.1, 0.15) is 12.3 Å². The Labute approximate surface area is 412 Å². The summed E-state index contributed by atoms with van der Waals surface area (Å²) in [6, 6.07) is 34.7. The van der Waals surface area contributed by atoms with Crippen LogP contribution < -0.4 is 20.5 Å². The second-order valence-corrected chi connectivity index (χ2v) is 19.6. The van der Waals surface area contributed by atoms with E-state index in [0.717, 1.165) is 125 Å². The van der Waals surface area contributed by atoms with Crippen LogP contribution in [0.1, 0.15) is 82.8 Å². The van der Waals surface area contributed by atoms with E-state index in [1.165, 1.54) is 5.56 Å². The molecule has 70 heavy (non-hydrogen) atoms. The molecule has 6 N–H and O–H groups in total. The van der Waals surface area contributed by atoms with Crippen molar-refractivity contribution in [2.24, 2.45) is 0 Å². The number of hydrogen-bond acceptors (Lipinski definition) is 11. The van der Waals surface area contributed by atoms with E-state index in [2.05, 4.69) is 67.1 Å². The molecule has 2 aromatic heterocycles. The Morgan fingerprint density at radius 2 is 1.61 bits per heavy atom. The molecule has 7 rings (SSSR count). The van der Waals surface area contributed by atoms with Gasteiger partial charge >= 0.3 is 7.82 Å². The number of benzene rings is 4. The van der Waals surface area contributed by atoms with Crippen molar-refractivity contribution in [1.82, 2.24) is 25.2 Å². The number of carbonyl (C=O) groups excluding carboxylic acids is 1. The number of aliphatic hydroxyl groups is 1. The van der Waals surface area contributed by atoms with Crippen LogP contribution in [0.3, 0.4) is 0 Å². The number of pyridine rings is 1. The molecule has 1 aliphatic heterocycles. The van der Waals surface area contributed by atoms with Crippen LogP contribution in [0.15, 0.2) is 128 Å². The van der Waals surface area contributed by atoms with Crippen LogP contribution >= 0.6 is 7.82 Å². The SMILES string of the molecule is Cc1ccc(NC(=O)c2ccc(CN3CC[N+](C)(Cc4ccc(C(O)CNCCCCCCOCCCCc5ccccc5)cc4OP(=O)(O)O)CC3)cc2)cc1Nc1nccc(-c2cccnc2)n1. The summed E-state index contributed by atoms with van der Waals surface area (Å²) < 4.78 is 23.8. The summed E-state index contributed by atoms with van der Waals surface area (Å²) in [5, 5.41) is 20.6. The Morgan fingerprint density at radius 3 is 2.37 bits per heavy atom. The van der Waals surface area contributed by atoms with E-state index < -0.39 is 13.9 Å². The molecular formula is C54H68N8O7P+. The number of phosphoric ester groups is 1. The zero-order chi connectivity index (χ0) is 49.2. The highest BCUT2D eigenvalue weighted by Crippen LogP contribution is 2.41. The Hall–Kier alpha value is -5.87. The summed E-state index contributed by atoms with van der Waals surface area (Å²) >= 11 is 0. The number of hydrogen-bond donors (Lipinski definition) is 6. The number of anilines is 3. The summed E-state index contributed by atoms with van der Waals surface area (Å²) in [4.78, 5) is 48.6. The van der Waals surface area contributed by atoms with Crippen LogP contribution in [0.25, 0.3) is 11.3 Å². The number of phosphoric acid groups is 1. The summed E-state index contributed by atoms with van der Waals surface area (Å²) in [7, 11) is -2.72. The maximum Gasteiger partial charge on any atom is 0.524 e. The topological polar surface area (TPSA) is 191 Å². The fourth-order valence-electron chi connectivity index (χ4n) is 8.56. The highest BCUT2D eigenvalue weighted by molar-refractivity contribution is 7.46. The summed E-state index contributed by atoms with van der Waals surface area (Å²) in [5.41, 5.74) is 8.22. The molecule has 0 spiro atoms. The summed E-state index contributed by atoms with van der Waals surface area (Å²) in [6.07, 6.45) is 11.8. The van der Waals surface area contributed by atoms with Gasteiger partial charge < -0.3 is 34.8 Å². The number of nitrogens with one attached hydrogen (secondary N) is 3. The van der Waals surface area contributed by atoms with E-state index in [9.17, 15) is 24.3 Å². The van der Waals surface area contributed by atoms with E-state index >= 15 is 0 Å². The van der Waals surface area contributed by atoms with Crippen molar-refractivity contribution in [2.45, 2.75) is 71.1 Å². The molecule has 1 atom stereocenters. The predicted molar refractivity (Wildman–Crippen MR) is 275 cm³/mol. The average Bonchev–Trinajstić information content (AvgIpc) is 3.35. The van der Waals surface area contributed by atoms with Gasteiger partial charge in [-0.1, -0.05) is 67.4 Å². The third-order valence-electron chi connectivity index (χ3n) is 12.7. The standard InChI is InChI=1S/C54H67N8O7P/c1-41-17-24-48(36-50(41)60-54-57-28-25-49(59-54)46-16-12-27-55-37-46)58-53(64)44-20-18-43(19-21-44)39-61-29-31-62(2,32-30-61)40-47-23-22-45(35-52(47)69-70(65,66)67)51(63)38-56-26-9-3-4-10-33-68-34-11-8-15-42-13-6-5-7-14-42/h5-7,12-14,16-25,27-28,35-37,51,56,63H,3-4,8-11,15,26,29-34,38-40H2,1-2H3,(H3-,57,58,59,60,64,65,66,67)/p+1. The third-order valence-corrected chi connectivity index (χ3v) is 13.1. The zero-order valence-corrected chi connectivity index (χ0v) is 41.3. The van der Waals surface area contributed by atoms with Crippen molar-refractivity contribution in [2.75, 3.05) is 70.2 Å². The maximum atomic E-state index is 13.3. The molecule has 16 heteroatoms. The second-order valence-electron chi connectivity index (χ2n) is 18.5. The number of ether oxygens (including phenoxy) is 1. The van der Waals surface area contributed by atoms with Crippen LogP contribution in [0.2, 0.25) is 0 Å². The number of unbranched alkanes of at least 4 members (excludes halogenated alkanes) is 4. The van der Waals surface area contributed by atoms with Gasteiger partial charge in [-0.3, -0.25) is 24.5 Å². The third kappa shape index (κ3) is 16.6. The molecule has 0 aliphatic carbocycles. The van der Waals surface area contributed by atoms with E-state index in [1.807, 2.05) is 85.8 Å². The minimum absolute atomic E-state index is 0.0891. The van der Waals surface area contributed by atoms with Crippen LogP contribution in [0, 0.1) is 6.92 Å². The number of likely N-dealkylation sites (N-methyl/N-ethyl adjacent to an activating group) is 1. The quantitative estimate of drug-likeness (QED) is 0.0172. The number of piperazine rings is 1. The van der Waals surface area contributed by atoms with Crippen molar-refractivity contribution in [3.05, 3.63) is 161 Å². The molecule has 370 valence electrons. The van der Waals surface area contributed by atoms with Crippen molar-refractivity contribution >= 4 is 31.1 Å². The van der Waals surface area contributed by atoms with Gasteiger partial charge in [0.2, 0.25) is 5.95 Å². The van der Waals surface area contributed by atoms with Crippen LogP contribution in [-0.2, 0) is 28.8 Å². The van der Waals surface area contributed by atoms with Crippen LogP contribution in [-0.4, -0.2) is 105 Å². The Morgan fingerprint density at radius 1 is 0.843 bits per heavy atom. The number of aryl methyl sites for hydroxylation is 2. The summed E-state index contributed by atoms with van der Waals surface area (Å²) in [6.45, 7) is 9.08. The van der Waals surface area contributed by atoms with Gasteiger partial charge in [0.25, 0.3) is 5.91 Å². The fourth-order valence-corrected chi connectivity index (χ4v) is 8.98. The monoisotopic (exact) mass is 971 g/mol. The molecule has 4 aromatic carbocycles. The number of aromatic nitrogens is 3. The molecule has 6 aromatic rings. The van der Waals surface area contributed by atoms with Crippen molar-refractivity contribution in [1.29, 1.82) is 0 Å². The van der Waals surface area contributed by atoms with Gasteiger partial charge in [-0.2, -0.15) is 0 Å². The number of nitrogens with zero attached hydrogens (tertiary/aromatic N) is 5. The molecule has 1 fully saturated rings. The molecule has 1 aliphatic rings. The minimum atomic E-state index is -4.86. The molecule has 0 radical (unpaired) electrons. The lowest BCUT2D eigenvalue weighted by molar-refractivity contribution is -0.926. The first-order valence-electron chi connectivity index (χ1n) is 24.3. The van der Waals surface area contributed by atoms with E-state index in [1.54, 1.807) is 24.7 Å². The summed E-state index contributed by atoms with van der Waals surface area (Å²) in [5.74, 6) is 0.304. The van der Waals surface area contributed by atoms with Gasteiger partial charge in [-0.25, -0.2) is 14.5 Å². The molecule has 3 heterocycles. The van der Waals surface area contributed by atoms with Gasteiger partial charge in [-0.15, -0.1) is 0 Å². The molecule has 0 bridgehead atoms. The number of rotatable bonds is 26. The average molecular weight is 972 g/mol. The molecular weight excluding hydrogens is 904 g/mol. The largest absolute Gasteiger partial charge is 0.524 e. The molecule has 1 amide bonds. The van der Waals surface area contributed by atoms with Gasteiger partial charge in [0.05, 0.1) is 31.9 Å². The minimum Gasteiger partial charge on any atom is -0.404 e. The molecule has 1 unspecified atom stereocenters. The second kappa shape index (κ2) is 25.8. The van der Waals surface area contributed by atoms with E-state index in [0.29, 0.717) is 45.9 Å². The number of aliphatic hydroxyl groups excluding tert-OH is 1. The van der Waals surface area contributed by atoms with Crippen molar-refractivity contribution in [3.8, 4) is 17.0 Å². The van der Waals surface area contributed by atoms with E-state index in [4.69, 9.17) is 9.26 Å². The van der Waals surface area contributed by atoms with Gasteiger partial charge in [0.15, 0.2) is 0 Å². The highest BCUT2D eigenvalue weighted by atomic mass is 31.2. The van der Waals surface area contributed by atoms with Crippen LogP contribution in [0.4, 0.5) is 17.3 Å². The number of amides is 1. The lowest BCUT2D eigenvalue weighted by Crippen LogP contribution is -2.56.